The molecular formula is C23H28ClN3O3. The molecule has 0 radical (unpaired) electrons. The van der Waals surface area contributed by atoms with E-state index >= 15 is 0 Å². The number of nitrogens with zero attached hydrogens (tertiary/aromatic N) is 3. The number of hydrogen-bond donors (Lipinski definition) is 0. The molecule has 7 heteroatoms. The number of carbonyl (C=O) groups is 1. The first kappa shape index (κ1) is 23.5. The number of benzene rings is 2. The fourth-order valence-corrected chi connectivity index (χ4v) is 3.33. The average Bonchev–Trinajstić information content (AvgIpc) is 2.71. The summed E-state index contributed by atoms with van der Waals surface area (Å²) in [7, 11) is 5.10. The SMILES string of the molecule is COc1cc(C)c(CN(C)CC(=O)N(CCC#N)c2ccc(Cl)c(C)c2)cc1OC. The van der Waals surface area contributed by atoms with E-state index in [1.165, 1.54) is 0 Å². The third-order valence-electron chi connectivity index (χ3n) is 4.89. The Kier molecular flexibility index (Phi) is 8.52. The number of nitriles is 1. The number of hydrogen-bond acceptors (Lipinski definition) is 5. The van der Waals surface area contributed by atoms with Gasteiger partial charge in [0.25, 0.3) is 0 Å². The van der Waals surface area contributed by atoms with E-state index in [2.05, 4.69) is 6.07 Å². The fraction of sp³-hybridized carbons (Fsp3) is 0.391. The lowest BCUT2D eigenvalue weighted by atomic mass is 10.1. The summed E-state index contributed by atoms with van der Waals surface area (Å²) in [4.78, 5) is 16.6. The van der Waals surface area contributed by atoms with Crippen LogP contribution in [0.3, 0.4) is 0 Å². The summed E-state index contributed by atoms with van der Waals surface area (Å²) in [6, 6.07) is 11.4. The topological polar surface area (TPSA) is 65.8 Å². The van der Waals surface area contributed by atoms with Crippen molar-refractivity contribution in [2.75, 3.05) is 39.3 Å². The standard InChI is InChI=1S/C23H28ClN3O3/c1-16-12-21(29-4)22(30-5)13-18(16)14-26(3)15-23(28)27(10-6-9-25)19-7-8-20(24)17(2)11-19/h7-8,11-13H,6,10,14-15H2,1-5H3. The Hall–Kier alpha value is -2.75. The van der Waals surface area contributed by atoms with Crippen LogP contribution in [0.2, 0.25) is 5.02 Å². The van der Waals surface area contributed by atoms with Crippen LogP contribution in [0, 0.1) is 25.2 Å². The van der Waals surface area contributed by atoms with Crippen LogP contribution >= 0.6 is 11.6 Å². The number of amides is 1. The Morgan fingerprint density at radius 2 is 1.77 bits per heavy atom. The number of aryl methyl sites for hydroxylation is 2. The van der Waals surface area contributed by atoms with Gasteiger partial charge < -0.3 is 14.4 Å². The van der Waals surface area contributed by atoms with Crippen molar-refractivity contribution in [1.29, 1.82) is 5.26 Å². The van der Waals surface area contributed by atoms with Crippen molar-refractivity contribution < 1.29 is 14.3 Å². The third kappa shape index (κ3) is 5.88. The zero-order valence-corrected chi connectivity index (χ0v) is 18.9. The van der Waals surface area contributed by atoms with Crippen LogP contribution in [0.25, 0.3) is 0 Å². The van der Waals surface area contributed by atoms with Crippen LogP contribution < -0.4 is 14.4 Å². The summed E-state index contributed by atoms with van der Waals surface area (Å²) in [6.07, 6.45) is 0.256. The first-order chi connectivity index (χ1) is 14.3. The number of methoxy groups -OCH3 is 2. The summed E-state index contributed by atoms with van der Waals surface area (Å²) in [5, 5.41) is 9.65. The maximum atomic E-state index is 13.1. The van der Waals surface area contributed by atoms with Gasteiger partial charge in [-0.2, -0.15) is 5.26 Å². The minimum atomic E-state index is -0.0763. The molecule has 30 heavy (non-hydrogen) atoms. The van der Waals surface area contributed by atoms with Crippen LogP contribution in [0.1, 0.15) is 23.1 Å². The minimum Gasteiger partial charge on any atom is -0.493 e. The second kappa shape index (κ2) is 10.9. The summed E-state index contributed by atoms with van der Waals surface area (Å²) in [5.41, 5.74) is 3.74. The number of ether oxygens (including phenoxy) is 2. The number of rotatable bonds is 9. The second-order valence-electron chi connectivity index (χ2n) is 7.19. The van der Waals surface area contributed by atoms with Crippen LogP contribution in [0.15, 0.2) is 30.3 Å². The van der Waals surface area contributed by atoms with E-state index in [4.69, 9.17) is 26.3 Å². The first-order valence-corrected chi connectivity index (χ1v) is 10.0. The minimum absolute atomic E-state index is 0.0763. The number of carbonyl (C=O) groups excluding carboxylic acids is 1. The van der Waals surface area contributed by atoms with E-state index in [1.807, 2.05) is 50.1 Å². The quantitative estimate of drug-likeness (QED) is 0.592. The van der Waals surface area contributed by atoms with E-state index in [0.29, 0.717) is 29.6 Å². The first-order valence-electron chi connectivity index (χ1n) is 9.64. The van der Waals surface area contributed by atoms with Gasteiger partial charge in [-0.1, -0.05) is 11.6 Å². The van der Waals surface area contributed by atoms with E-state index in [9.17, 15) is 4.79 Å². The maximum Gasteiger partial charge on any atom is 0.241 e. The van der Waals surface area contributed by atoms with Gasteiger partial charge in [-0.15, -0.1) is 0 Å². The van der Waals surface area contributed by atoms with Gasteiger partial charge in [0.2, 0.25) is 5.91 Å². The largest absolute Gasteiger partial charge is 0.493 e. The molecule has 0 aromatic heterocycles. The van der Waals surface area contributed by atoms with Gasteiger partial charge in [-0.25, -0.2) is 0 Å². The van der Waals surface area contributed by atoms with Gasteiger partial charge in [-0.3, -0.25) is 9.69 Å². The lowest BCUT2D eigenvalue weighted by Gasteiger charge is -2.26. The Balaban J connectivity index is 2.17. The van der Waals surface area contributed by atoms with Gasteiger partial charge >= 0.3 is 0 Å². The van der Waals surface area contributed by atoms with Crippen LogP contribution in [-0.4, -0.2) is 45.2 Å². The number of anilines is 1. The lowest BCUT2D eigenvalue weighted by Crippen LogP contribution is -2.39. The normalized spacial score (nSPS) is 10.6. The Bertz CT molecular complexity index is 940. The smallest absolute Gasteiger partial charge is 0.241 e. The summed E-state index contributed by atoms with van der Waals surface area (Å²) in [5.74, 6) is 1.26. The highest BCUT2D eigenvalue weighted by atomic mass is 35.5. The van der Waals surface area contributed by atoms with Crippen LogP contribution in [-0.2, 0) is 11.3 Å². The predicted molar refractivity (Wildman–Crippen MR) is 119 cm³/mol. The lowest BCUT2D eigenvalue weighted by molar-refractivity contribution is -0.119. The highest BCUT2D eigenvalue weighted by Crippen LogP contribution is 2.30. The molecule has 0 aliphatic rings. The Labute approximate surface area is 183 Å². The number of likely N-dealkylation sites (N-methyl/N-ethyl adjacent to an activating group) is 1. The van der Waals surface area contributed by atoms with Crippen molar-refractivity contribution in [2.45, 2.75) is 26.8 Å². The van der Waals surface area contributed by atoms with Crippen molar-refractivity contribution >= 4 is 23.2 Å². The highest BCUT2D eigenvalue weighted by molar-refractivity contribution is 6.31. The predicted octanol–water partition coefficient (Wildman–Crippen LogP) is 4.35. The molecule has 2 aromatic rings. The average molecular weight is 430 g/mol. The maximum absolute atomic E-state index is 13.1. The van der Waals surface area contributed by atoms with Gasteiger partial charge in [0.1, 0.15) is 0 Å². The summed E-state index contributed by atoms with van der Waals surface area (Å²) >= 11 is 6.12. The molecule has 1 amide bonds. The van der Waals surface area contributed by atoms with Gasteiger partial charge in [0, 0.05) is 23.8 Å². The van der Waals surface area contributed by atoms with Crippen LogP contribution in [0.4, 0.5) is 5.69 Å². The molecule has 0 N–H and O–H groups in total. The number of halogens is 1. The van der Waals surface area contributed by atoms with Gasteiger partial charge in [0.05, 0.1) is 33.3 Å². The van der Waals surface area contributed by atoms with Crippen molar-refractivity contribution in [3.63, 3.8) is 0 Å². The Morgan fingerprint density at radius 1 is 1.10 bits per heavy atom. The van der Waals surface area contributed by atoms with Gasteiger partial charge in [-0.05, 0) is 67.9 Å². The fourth-order valence-electron chi connectivity index (χ4n) is 3.21. The molecule has 2 rings (SSSR count). The monoisotopic (exact) mass is 429 g/mol. The van der Waals surface area contributed by atoms with Crippen molar-refractivity contribution in [1.82, 2.24) is 4.90 Å². The molecule has 0 atom stereocenters. The van der Waals surface area contributed by atoms with Crippen molar-refractivity contribution in [2.24, 2.45) is 0 Å². The molecular weight excluding hydrogens is 402 g/mol. The molecule has 0 saturated carbocycles. The summed E-state index contributed by atoms with van der Waals surface area (Å²) in [6.45, 7) is 5.01. The van der Waals surface area contributed by atoms with E-state index in [0.717, 1.165) is 22.4 Å². The molecule has 0 bridgehead atoms. The molecule has 0 spiro atoms. The molecule has 0 unspecified atom stereocenters. The second-order valence-corrected chi connectivity index (χ2v) is 7.60. The van der Waals surface area contributed by atoms with Crippen molar-refractivity contribution in [3.05, 3.63) is 52.0 Å². The molecule has 0 fully saturated rings. The van der Waals surface area contributed by atoms with E-state index in [1.54, 1.807) is 25.2 Å². The molecule has 0 aliphatic carbocycles. The molecule has 2 aromatic carbocycles. The van der Waals surface area contributed by atoms with Gasteiger partial charge in [0.15, 0.2) is 11.5 Å². The molecule has 6 nitrogen and oxygen atoms in total. The van der Waals surface area contributed by atoms with E-state index in [-0.39, 0.29) is 18.9 Å². The highest BCUT2D eigenvalue weighted by Gasteiger charge is 2.19. The van der Waals surface area contributed by atoms with Crippen molar-refractivity contribution in [3.8, 4) is 17.6 Å². The molecule has 0 aliphatic heterocycles. The molecule has 0 heterocycles. The van der Waals surface area contributed by atoms with E-state index < -0.39 is 0 Å². The Morgan fingerprint density at radius 3 is 2.37 bits per heavy atom. The zero-order chi connectivity index (χ0) is 22.3. The summed E-state index contributed by atoms with van der Waals surface area (Å²) < 4.78 is 10.7. The molecule has 160 valence electrons. The zero-order valence-electron chi connectivity index (χ0n) is 18.2. The van der Waals surface area contributed by atoms with Crippen LogP contribution in [0.5, 0.6) is 11.5 Å². The third-order valence-corrected chi connectivity index (χ3v) is 5.31. The molecule has 0 saturated heterocycles.